The summed E-state index contributed by atoms with van der Waals surface area (Å²) in [6.45, 7) is 1.41. The molecule has 0 saturated carbocycles. The quantitative estimate of drug-likeness (QED) is 0.676. The Balaban J connectivity index is 2.24. The van der Waals surface area contributed by atoms with E-state index < -0.39 is 11.8 Å². The number of carbonyl (C=O) groups is 2. The number of aliphatic carboxylic acids is 1. The van der Waals surface area contributed by atoms with Crippen molar-refractivity contribution in [1.82, 2.24) is 0 Å². The van der Waals surface area contributed by atoms with Crippen molar-refractivity contribution < 1.29 is 19.4 Å². The van der Waals surface area contributed by atoms with Gasteiger partial charge < -0.3 is 9.84 Å². The van der Waals surface area contributed by atoms with Crippen LogP contribution in [-0.2, 0) is 9.53 Å². The molecule has 2 rings (SSSR count). The second-order valence-corrected chi connectivity index (χ2v) is 4.66. The molecule has 1 aliphatic heterocycles. The third kappa shape index (κ3) is 2.71. The third-order valence-corrected chi connectivity index (χ3v) is 3.45. The standard InChI is InChI=1S/C13H13ClO4/c14-11-7-9(12(15)13(16)17)1-2-10(11)8-3-5-18-6-4-8/h1-2,7-8H,3-6H2,(H,16,17). The highest BCUT2D eigenvalue weighted by Gasteiger charge is 2.21. The first-order valence-electron chi connectivity index (χ1n) is 5.74. The molecule has 4 nitrogen and oxygen atoms in total. The fraction of sp³-hybridized carbons (Fsp3) is 0.385. The van der Waals surface area contributed by atoms with Crippen LogP contribution >= 0.6 is 11.6 Å². The maximum atomic E-state index is 11.3. The Morgan fingerprint density at radius 2 is 1.94 bits per heavy atom. The number of hydrogen-bond donors (Lipinski definition) is 1. The average molecular weight is 269 g/mol. The minimum atomic E-state index is -1.47. The zero-order chi connectivity index (χ0) is 13.1. The molecule has 1 fully saturated rings. The predicted molar refractivity (Wildman–Crippen MR) is 66.2 cm³/mol. The molecular weight excluding hydrogens is 256 g/mol. The molecule has 0 aliphatic carbocycles. The van der Waals surface area contributed by atoms with Gasteiger partial charge in [0.15, 0.2) is 0 Å². The van der Waals surface area contributed by atoms with E-state index in [-0.39, 0.29) is 5.56 Å². The van der Waals surface area contributed by atoms with Crippen molar-refractivity contribution >= 4 is 23.4 Å². The first-order chi connectivity index (χ1) is 8.59. The number of carboxylic acids is 1. The Bertz CT molecular complexity index is 478. The number of halogens is 1. The van der Waals surface area contributed by atoms with Crippen molar-refractivity contribution in [3.63, 3.8) is 0 Å². The molecule has 1 aromatic rings. The van der Waals surface area contributed by atoms with Gasteiger partial charge in [0.2, 0.25) is 0 Å². The molecular formula is C13H13ClO4. The summed E-state index contributed by atoms with van der Waals surface area (Å²) in [5, 5.41) is 9.09. The van der Waals surface area contributed by atoms with Crippen LogP contribution in [0.5, 0.6) is 0 Å². The zero-order valence-electron chi connectivity index (χ0n) is 9.69. The van der Waals surface area contributed by atoms with Crippen molar-refractivity contribution in [2.24, 2.45) is 0 Å². The SMILES string of the molecule is O=C(O)C(=O)c1ccc(C2CCOCC2)c(Cl)c1. The van der Waals surface area contributed by atoms with Crippen LogP contribution in [0.3, 0.4) is 0 Å². The van der Waals surface area contributed by atoms with Gasteiger partial charge in [-0.3, -0.25) is 4.79 Å². The Labute approximate surface area is 110 Å². The second kappa shape index (κ2) is 5.50. The van der Waals surface area contributed by atoms with Crippen LogP contribution in [0.25, 0.3) is 0 Å². The molecule has 1 aliphatic rings. The van der Waals surface area contributed by atoms with Crippen LogP contribution in [0, 0.1) is 0 Å². The Kier molecular flexibility index (Phi) is 3.99. The molecule has 1 saturated heterocycles. The molecule has 0 spiro atoms. The van der Waals surface area contributed by atoms with E-state index in [0.717, 1.165) is 18.4 Å². The highest BCUT2D eigenvalue weighted by atomic mass is 35.5. The van der Waals surface area contributed by atoms with E-state index in [1.807, 2.05) is 0 Å². The normalized spacial score (nSPS) is 16.5. The Morgan fingerprint density at radius 3 is 2.50 bits per heavy atom. The smallest absolute Gasteiger partial charge is 0.377 e. The van der Waals surface area contributed by atoms with Crippen LogP contribution in [0.4, 0.5) is 0 Å². The molecule has 1 N–H and O–H groups in total. The monoisotopic (exact) mass is 268 g/mol. The number of hydrogen-bond acceptors (Lipinski definition) is 3. The van der Waals surface area contributed by atoms with Gasteiger partial charge in [-0.1, -0.05) is 23.7 Å². The van der Waals surface area contributed by atoms with Crippen molar-refractivity contribution in [2.75, 3.05) is 13.2 Å². The summed E-state index contributed by atoms with van der Waals surface area (Å²) >= 11 is 6.13. The number of rotatable bonds is 3. The van der Waals surface area contributed by atoms with Crippen molar-refractivity contribution in [2.45, 2.75) is 18.8 Å². The summed E-state index contributed by atoms with van der Waals surface area (Å²) in [6, 6.07) is 4.70. The van der Waals surface area contributed by atoms with Gasteiger partial charge in [0.25, 0.3) is 5.78 Å². The molecule has 0 aromatic heterocycles. The molecule has 0 atom stereocenters. The fourth-order valence-electron chi connectivity index (χ4n) is 2.13. The molecule has 18 heavy (non-hydrogen) atoms. The lowest BCUT2D eigenvalue weighted by Gasteiger charge is -2.23. The second-order valence-electron chi connectivity index (χ2n) is 4.26. The Hall–Kier alpha value is -1.39. The van der Waals surface area contributed by atoms with E-state index >= 15 is 0 Å². The van der Waals surface area contributed by atoms with Gasteiger partial charge in [-0.25, -0.2) is 4.79 Å². The van der Waals surface area contributed by atoms with Gasteiger partial charge in [0.1, 0.15) is 0 Å². The lowest BCUT2D eigenvalue weighted by molar-refractivity contribution is -0.131. The highest BCUT2D eigenvalue weighted by molar-refractivity contribution is 6.40. The molecule has 1 heterocycles. The molecule has 0 unspecified atom stereocenters. The average Bonchev–Trinajstić information content (AvgIpc) is 2.38. The lowest BCUT2D eigenvalue weighted by Crippen LogP contribution is -2.16. The van der Waals surface area contributed by atoms with E-state index in [4.69, 9.17) is 21.4 Å². The maximum Gasteiger partial charge on any atom is 0.377 e. The molecule has 1 aromatic carbocycles. The van der Waals surface area contributed by atoms with Gasteiger partial charge in [-0.15, -0.1) is 0 Å². The van der Waals surface area contributed by atoms with E-state index in [9.17, 15) is 9.59 Å². The number of carbonyl (C=O) groups excluding carboxylic acids is 1. The number of carboxylic acid groups (broad SMARTS) is 1. The van der Waals surface area contributed by atoms with Crippen LogP contribution in [0.1, 0.15) is 34.7 Å². The number of ketones is 1. The maximum absolute atomic E-state index is 11.3. The minimum absolute atomic E-state index is 0.114. The van der Waals surface area contributed by atoms with Crippen LogP contribution < -0.4 is 0 Å². The fourth-order valence-corrected chi connectivity index (χ4v) is 2.47. The van der Waals surface area contributed by atoms with Crippen LogP contribution in [0.2, 0.25) is 5.02 Å². The van der Waals surface area contributed by atoms with Gasteiger partial charge >= 0.3 is 5.97 Å². The summed E-state index contributed by atoms with van der Waals surface area (Å²) in [6.07, 6.45) is 1.79. The number of ether oxygens (including phenoxy) is 1. The first-order valence-corrected chi connectivity index (χ1v) is 6.12. The highest BCUT2D eigenvalue weighted by Crippen LogP contribution is 2.32. The summed E-state index contributed by atoms with van der Waals surface area (Å²) < 4.78 is 5.28. The van der Waals surface area contributed by atoms with E-state index in [1.165, 1.54) is 12.1 Å². The van der Waals surface area contributed by atoms with Crippen molar-refractivity contribution in [3.05, 3.63) is 34.3 Å². The van der Waals surface area contributed by atoms with E-state index in [1.54, 1.807) is 6.07 Å². The lowest BCUT2D eigenvalue weighted by atomic mass is 9.91. The summed E-state index contributed by atoms with van der Waals surface area (Å²) in [5.74, 6) is -2.08. The minimum Gasteiger partial charge on any atom is -0.475 e. The molecule has 96 valence electrons. The summed E-state index contributed by atoms with van der Waals surface area (Å²) in [5.41, 5.74) is 1.07. The van der Waals surface area contributed by atoms with Crippen molar-refractivity contribution in [3.8, 4) is 0 Å². The van der Waals surface area contributed by atoms with Crippen LogP contribution in [-0.4, -0.2) is 30.1 Å². The number of benzene rings is 1. The van der Waals surface area contributed by atoms with Gasteiger partial charge in [0.05, 0.1) is 0 Å². The van der Waals surface area contributed by atoms with Gasteiger partial charge in [-0.2, -0.15) is 0 Å². The zero-order valence-corrected chi connectivity index (χ0v) is 10.4. The molecule has 5 heteroatoms. The largest absolute Gasteiger partial charge is 0.475 e. The predicted octanol–water partition coefficient (Wildman–Crippen LogP) is 2.50. The van der Waals surface area contributed by atoms with Crippen LogP contribution in [0.15, 0.2) is 18.2 Å². The van der Waals surface area contributed by atoms with E-state index in [0.29, 0.717) is 24.2 Å². The van der Waals surface area contributed by atoms with Crippen molar-refractivity contribution in [1.29, 1.82) is 0 Å². The van der Waals surface area contributed by atoms with E-state index in [2.05, 4.69) is 0 Å². The molecule has 0 radical (unpaired) electrons. The third-order valence-electron chi connectivity index (χ3n) is 3.12. The summed E-state index contributed by atoms with van der Waals surface area (Å²) in [4.78, 5) is 21.9. The van der Waals surface area contributed by atoms with Gasteiger partial charge in [-0.05, 0) is 30.4 Å². The van der Waals surface area contributed by atoms with Gasteiger partial charge in [0, 0.05) is 23.8 Å². The first kappa shape index (κ1) is 13.1. The topological polar surface area (TPSA) is 63.6 Å². The molecule has 0 bridgehead atoms. The molecule has 0 amide bonds. The Morgan fingerprint density at radius 1 is 1.28 bits per heavy atom. The number of Topliss-reactive ketones (excluding diaryl/α,β-unsaturated/α-hetero) is 1. The summed E-state index contributed by atoms with van der Waals surface area (Å²) in [7, 11) is 0.